The van der Waals surface area contributed by atoms with Gasteiger partial charge >= 0.3 is 5.97 Å². The van der Waals surface area contributed by atoms with E-state index in [1.165, 1.54) is 6.21 Å². The molecular weight excluding hydrogens is 182 g/mol. The van der Waals surface area contributed by atoms with Crippen molar-refractivity contribution in [3.63, 3.8) is 0 Å². The molecule has 0 rings (SSSR count). The summed E-state index contributed by atoms with van der Waals surface area (Å²) in [6.07, 6.45) is 1.45. The summed E-state index contributed by atoms with van der Waals surface area (Å²) in [6.45, 7) is 4.57. The van der Waals surface area contributed by atoms with Crippen LogP contribution in [0.25, 0.3) is 0 Å². The topological polar surface area (TPSA) is 76.7 Å². The van der Waals surface area contributed by atoms with Crippen molar-refractivity contribution in [1.29, 1.82) is 0 Å². The molecule has 3 N–H and O–H groups in total. The van der Waals surface area contributed by atoms with Crippen LogP contribution in [0.2, 0.25) is 0 Å². The first-order valence-corrected chi connectivity index (χ1v) is 4.51. The lowest BCUT2D eigenvalue weighted by Gasteiger charge is -2.07. The molecule has 0 aliphatic heterocycles. The van der Waals surface area contributed by atoms with Gasteiger partial charge in [0.05, 0.1) is 12.3 Å². The molecule has 0 unspecified atom stereocenters. The van der Waals surface area contributed by atoms with E-state index in [1.54, 1.807) is 14.0 Å². The molecule has 0 saturated heterocycles. The van der Waals surface area contributed by atoms with Gasteiger partial charge in [0.15, 0.2) is 0 Å². The Morgan fingerprint density at radius 2 is 2.21 bits per heavy atom. The predicted octanol–water partition coefficient (Wildman–Crippen LogP) is 0.0299. The Hall–Kier alpha value is -1.52. The lowest BCUT2D eigenvalue weighted by atomic mass is 10.3. The molecule has 14 heavy (non-hydrogen) atoms. The fourth-order valence-electron chi connectivity index (χ4n) is 0.822. The van der Waals surface area contributed by atoms with Crippen molar-refractivity contribution >= 4 is 12.2 Å². The maximum absolute atomic E-state index is 11.3. The van der Waals surface area contributed by atoms with Crippen molar-refractivity contribution < 1.29 is 9.53 Å². The molecule has 0 aromatic carbocycles. The van der Waals surface area contributed by atoms with Crippen molar-refractivity contribution in [2.24, 2.45) is 10.7 Å². The highest BCUT2D eigenvalue weighted by molar-refractivity contribution is 5.95. The van der Waals surface area contributed by atoms with E-state index in [2.05, 4.69) is 10.3 Å². The number of ether oxygens (including phenoxy) is 1. The zero-order chi connectivity index (χ0) is 11.0. The van der Waals surface area contributed by atoms with Crippen LogP contribution >= 0.6 is 0 Å². The van der Waals surface area contributed by atoms with Gasteiger partial charge in [-0.2, -0.15) is 0 Å². The van der Waals surface area contributed by atoms with Crippen LogP contribution in [0.15, 0.2) is 16.4 Å². The Bertz CT molecular complexity index is 246. The Morgan fingerprint density at radius 1 is 1.57 bits per heavy atom. The van der Waals surface area contributed by atoms with E-state index < -0.39 is 5.97 Å². The van der Waals surface area contributed by atoms with Gasteiger partial charge in [-0.15, -0.1) is 0 Å². The van der Waals surface area contributed by atoms with E-state index >= 15 is 0 Å². The standard InChI is InChI=1S/C9H17N3O2/c1-4-12-6-7(10)8(11-3)9(13)14-5-2/h6,11H,4-5,10H2,1-3H3/b8-7+,12-6?. The highest BCUT2D eigenvalue weighted by atomic mass is 16.5. The van der Waals surface area contributed by atoms with Crippen molar-refractivity contribution in [2.45, 2.75) is 13.8 Å². The summed E-state index contributed by atoms with van der Waals surface area (Å²) < 4.78 is 4.80. The van der Waals surface area contributed by atoms with Gasteiger partial charge in [-0.3, -0.25) is 4.99 Å². The smallest absolute Gasteiger partial charge is 0.356 e. The molecule has 0 radical (unpaired) electrons. The fraction of sp³-hybridized carbons (Fsp3) is 0.556. The molecule has 0 aromatic rings. The summed E-state index contributed by atoms with van der Waals surface area (Å²) in [5.41, 5.74) is 6.14. The van der Waals surface area contributed by atoms with Crippen LogP contribution < -0.4 is 11.1 Å². The number of hydrogen-bond acceptors (Lipinski definition) is 5. The number of hydrogen-bond donors (Lipinski definition) is 2. The molecule has 0 heterocycles. The monoisotopic (exact) mass is 199 g/mol. The third-order valence-corrected chi connectivity index (χ3v) is 1.43. The number of esters is 1. The Morgan fingerprint density at radius 3 is 2.64 bits per heavy atom. The summed E-state index contributed by atoms with van der Waals surface area (Å²) >= 11 is 0. The number of carbonyl (C=O) groups excluding carboxylic acids is 1. The van der Waals surface area contributed by atoms with Crippen molar-refractivity contribution in [3.8, 4) is 0 Å². The van der Waals surface area contributed by atoms with E-state index in [0.717, 1.165) is 0 Å². The molecule has 80 valence electrons. The third kappa shape index (κ3) is 3.93. The summed E-state index contributed by atoms with van der Waals surface area (Å²) in [5, 5.41) is 2.68. The second-order valence-corrected chi connectivity index (χ2v) is 2.43. The van der Waals surface area contributed by atoms with Gasteiger partial charge < -0.3 is 15.8 Å². The number of nitrogens with one attached hydrogen (secondary N) is 1. The van der Waals surface area contributed by atoms with Crippen LogP contribution in [0.3, 0.4) is 0 Å². The number of nitrogens with zero attached hydrogens (tertiary/aromatic N) is 1. The van der Waals surface area contributed by atoms with E-state index in [9.17, 15) is 4.79 Å². The minimum Gasteiger partial charge on any atom is -0.461 e. The van der Waals surface area contributed by atoms with Crippen LogP contribution in [0.1, 0.15) is 13.8 Å². The number of rotatable bonds is 5. The Kier molecular flexibility index (Phi) is 6.19. The first kappa shape index (κ1) is 12.5. The minimum absolute atomic E-state index is 0.240. The van der Waals surface area contributed by atoms with Gasteiger partial charge in [0.2, 0.25) is 0 Å². The molecule has 0 bridgehead atoms. The molecule has 5 nitrogen and oxygen atoms in total. The summed E-state index contributed by atoms with van der Waals surface area (Å²) in [6, 6.07) is 0. The number of likely N-dealkylation sites (N-methyl/N-ethyl adjacent to an activating group) is 1. The fourth-order valence-corrected chi connectivity index (χ4v) is 0.822. The average Bonchev–Trinajstić information content (AvgIpc) is 2.16. The third-order valence-electron chi connectivity index (χ3n) is 1.43. The highest BCUT2D eigenvalue weighted by Crippen LogP contribution is 1.96. The van der Waals surface area contributed by atoms with E-state index in [-0.39, 0.29) is 11.4 Å². The van der Waals surface area contributed by atoms with Gasteiger partial charge in [-0.25, -0.2) is 4.79 Å². The van der Waals surface area contributed by atoms with Crippen LogP contribution in [0, 0.1) is 0 Å². The van der Waals surface area contributed by atoms with Gasteiger partial charge in [0.1, 0.15) is 5.70 Å². The molecule has 0 amide bonds. The lowest BCUT2D eigenvalue weighted by Crippen LogP contribution is -2.24. The molecule has 0 aromatic heterocycles. The molecule has 0 spiro atoms. The van der Waals surface area contributed by atoms with Gasteiger partial charge in [0.25, 0.3) is 0 Å². The zero-order valence-electron chi connectivity index (χ0n) is 8.83. The normalized spacial score (nSPS) is 12.5. The summed E-state index contributed by atoms with van der Waals surface area (Å²) in [5.74, 6) is -0.463. The van der Waals surface area contributed by atoms with E-state index in [0.29, 0.717) is 13.2 Å². The van der Waals surface area contributed by atoms with Crippen molar-refractivity contribution in [1.82, 2.24) is 5.32 Å². The molecule has 0 saturated carbocycles. The number of nitrogens with two attached hydrogens (primary N) is 1. The van der Waals surface area contributed by atoms with E-state index in [4.69, 9.17) is 10.5 Å². The average molecular weight is 199 g/mol. The van der Waals surface area contributed by atoms with Gasteiger partial charge in [-0.1, -0.05) is 0 Å². The Labute approximate surface area is 84.0 Å². The first-order chi connectivity index (χ1) is 6.67. The molecule has 0 atom stereocenters. The summed E-state index contributed by atoms with van der Waals surface area (Å²) in [7, 11) is 1.61. The maximum Gasteiger partial charge on any atom is 0.356 e. The quantitative estimate of drug-likeness (QED) is 0.372. The predicted molar refractivity (Wildman–Crippen MR) is 55.9 cm³/mol. The van der Waals surface area contributed by atoms with Crippen LogP contribution in [0.5, 0.6) is 0 Å². The van der Waals surface area contributed by atoms with Crippen LogP contribution in [-0.4, -0.2) is 32.4 Å². The van der Waals surface area contributed by atoms with Crippen molar-refractivity contribution in [2.75, 3.05) is 20.2 Å². The maximum atomic E-state index is 11.3. The second kappa shape index (κ2) is 6.94. The SMILES string of the molecule is CCN=C/C(N)=C(\NC)C(=O)OCC. The molecular formula is C9H17N3O2. The number of carbonyl (C=O) groups is 1. The number of aliphatic imine (C=N–C) groups is 1. The largest absolute Gasteiger partial charge is 0.461 e. The number of allylic oxidation sites excluding steroid dienone is 1. The first-order valence-electron chi connectivity index (χ1n) is 4.51. The van der Waals surface area contributed by atoms with Crippen LogP contribution in [0.4, 0.5) is 0 Å². The minimum atomic E-state index is -0.463. The van der Waals surface area contributed by atoms with Crippen molar-refractivity contribution in [3.05, 3.63) is 11.4 Å². The van der Waals surface area contributed by atoms with Gasteiger partial charge in [-0.05, 0) is 13.8 Å². The summed E-state index contributed by atoms with van der Waals surface area (Å²) in [4.78, 5) is 15.2. The lowest BCUT2D eigenvalue weighted by molar-refractivity contribution is -0.138. The molecule has 0 aliphatic carbocycles. The molecule has 5 heteroatoms. The second-order valence-electron chi connectivity index (χ2n) is 2.43. The highest BCUT2D eigenvalue weighted by Gasteiger charge is 2.11. The van der Waals surface area contributed by atoms with E-state index in [1.807, 2.05) is 6.92 Å². The molecule has 0 fully saturated rings. The molecule has 0 aliphatic rings. The van der Waals surface area contributed by atoms with Crippen LogP contribution in [-0.2, 0) is 9.53 Å². The zero-order valence-corrected chi connectivity index (χ0v) is 8.83. The van der Waals surface area contributed by atoms with Gasteiger partial charge in [0, 0.05) is 19.8 Å². The Balaban J connectivity index is 4.65.